The molecule has 0 amide bonds. The van der Waals surface area contributed by atoms with Crippen molar-refractivity contribution in [3.05, 3.63) is 76.9 Å². The number of aryl methyl sites for hydroxylation is 1. The first-order valence-corrected chi connectivity index (χ1v) is 16.3. The molecule has 0 radical (unpaired) electrons. The summed E-state index contributed by atoms with van der Waals surface area (Å²) in [4.78, 5) is 2.53. The molecule has 0 saturated heterocycles. The molecular weight excluding hydrogens is 527 g/mol. The minimum atomic E-state index is 0.104. The molecule has 0 unspecified atom stereocenters. The predicted octanol–water partition coefficient (Wildman–Crippen LogP) is 11.2. The number of benzene rings is 4. The number of pyridine rings is 1. The maximum absolute atomic E-state index is 9.28. The lowest BCUT2D eigenvalue weighted by Crippen LogP contribution is -2.32. The molecule has 2 heteroatoms. The van der Waals surface area contributed by atoms with Crippen LogP contribution in [0.3, 0.4) is 0 Å². The molecule has 1 aliphatic heterocycles. The second-order valence-corrected chi connectivity index (χ2v) is 17.3. The van der Waals surface area contributed by atoms with Crippen LogP contribution in [-0.4, -0.2) is 0 Å². The fourth-order valence-corrected chi connectivity index (χ4v) is 8.32. The molecule has 6 rings (SSSR count). The lowest BCUT2D eigenvalue weighted by atomic mass is 9.81. The fourth-order valence-electron chi connectivity index (χ4n) is 6.97. The smallest absolute Gasteiger partial charge is 0.200 e. The molecule has 2 heterocycles. The van der Waals surface area contributed by atoms with E-state index in [1.807, 2.05) is 23.4 Å². The van der Waals surface area contributed by atoms with E-state index in [9.17, 15) is 2.74 Å². The molecule has 0 N–H and O–H groups in total. The summed E-state index contributed by atoms with van der Waals surface area (Å²) in [7, 11) is 1.99. The predicted molar refractivity (Wildman–Crippen MR) is 184 cm³/mol. The van der Waals surface area contributed by atoms with Gasteiger partial charge in [-0.2, -0.15) is 0 Å². The van der Waals surface area contributed by atoms with E-state index in [0.717, 1.165) is 41.1 Å². The van der Waals surface area contributed by atoms with E-state index in [1.54, 1.807) is 0 Å². The number of fused-ring (bicyclic) bond motifs is 5. The maximum atomic E-state index is 9.28. The summed E-state index contributed by atoms with van der Waals surface area (Å²) in [6.45, 7) is 23.1. The van der Waals surface area contributed by atoms with Crippen molar-refractivity contribution in [1.29, 1.82) is 0 Å². The first-order valence-electron chi connectivity index (χ1n) is 16.5. The summed E-state index contributed by atoms with van der Waals surface area (Å²) in [6, 6.07) is 16.4. The van der Waals surface area contributed by atoms with Crippen LogP contribution in [0.4, 0.5) is 0 Å². The van der Waals surface area contributed by atoms with Crippen molar-refractivity contribution in [3.63, 3.8) is 0 Å². The Kier molecular flexibility index (Phi) is 6.27. The number of rotatable bonds is 3. The maximum Gasteiger partial charge on any atom is 0.222 e. The first kappa shape index (κ1) is 26.8. The topological polar surface area (TPSA) is 3.88 Å². The molecule has 1 aromatic heterocycles. The molecule has 5 aromatic rings. The summed E-state index contributed by atoms with van der Waals surface area (Å²) in [5.41, 5.74) is 8.14. The summed E-state index contributed by atoms with van der Waals surface area (Å²) < 4.78 is 20.5. The molecule has 0 saturated carbocycles. The highest BCUT2D eigenvalue weighted by Gasteiger charge is 2.33. The molecule has 1 aliphatic rings. The minimum absolute atomic E-state index is 0.104. The van der Waals surface area contributed by atoms with Gasteiger partial charge in [-0.1, -0.05) is 110 Å². The lowest BCUT2D eigenvalue weighted by Gasteiger charge is -2.29. The van der Waals surface area contributed by atoms with Gasteiger partial charge in [-0.05, 0) is 92.3 Å². The largest absolute Gasteiger partial charge is 0.222 e. The van der Waals surface area contributed by atoms with E-state index in [0.29, 0.717) is 6.04 Å². The van der Waals surface area contributed by atoms with Crippen LogP contribution in [0.5, 0.6) is 0 Å². The molecule has 4 aromatic carbocycles. The Labute approximate surface area is 260 Å². The van der Waals surface area contributed by atoms with E-state index in [4.69, 9.17) is 0 Å². The Hall–Kier alpha value is -2.84. The lowest BCUT2D eigenvalue weighted by molar-refractivity contribution is -0.659. The van der Waals surface area contributed by atoms with Gasteiger partial charge in [-0.25, -0.2) is 4.57 Å². The van der Waals surface area contributed by atoms with Crippen molar-refractivity contribution in [2.45, 2.75) is 98.3 Å². The molecule has 0 atom stereocenters. The van der Waals surface area contributed by atoms with Gasteiger partial charge in [0, 0.05) is 21.2 Å². The first-order chi connectivity index (χ1) is 20.3. The van der Waals surface area contributed by atoms with E-state index in [1.165, 1.54) is 53.8 Å². The van der Waals surface area contributed by atoms with Gasteiger partial charge in [0.1, 0.15) is 8.42 Å². The van der Waals surface area contributed by atoms with Gasteiger partial charge in [0.25, 0.3) is 0 Å². The van der Waals surface area contributed by atoms with Crippen LogP contribution in [-0.2, 0) is 26.3 Å². The van der Waals surface area contributed by atoms with Crippen molar-refractivity contribution in [1.82, 2.24) is 0 Å². The minimum Gasteiger partial charge on any atom is -0.200 e. The van der Waals surface area contributed by atoms with Crippen LogP contribution in [0.15, 0.2) is 64.5 Å². The van der Waals surface area contributed by atoms with Crippen LogP contribution < -0.4 is 4.57 Å². The van der Waals surface area contributed by atoms with Gasteiger partial charge in [0.05, 0.1) is 12.3 Å². The van der Waals surface area contributed by atoms with Gasteiger partial charge in [0.2, 0.25) is 5.69 Å². The second-order valence-electron chi connectivity index (χ2n) is 16.3. The van der Waals surface area contributed by atoms with Gasteiger partial charge in [0.15, 0.2) is 6.17 Å². The van der Waals surface area contributed by atoms with Crippen molar-refractivity contribution >= 4 is 44.1 Å². The second kappa shape index (κ2) is 9.84. The molecular formula is C40H48NS+. The molecule has 218 valence electrons. The third kappa shape index (κ3) is 5.25. The average molecular weight is 577 g/mol. The standard InChI is InChI=1S/C40H48NS/c1-24-30-19-25(21-38(2,3)4)15-16-28(30)32(23-40(8,9)10)37-34(24)36-35-29(17-18-41(36)11)27-14-12-13-26(22-39(5,6)7)31(27)20-33(35)42-37/h12-20H,21-23H2,1-11H3/q+1/i17D,18D. The third-order valence-corrected chi connectivity index (χ3v) is 9.66. The normalized spacial score (nSPS) is 14.5. The highest BCUT2D eigenvalue weighted by molar-refractivity contribution is 8.00. The molecule has 0 spiro atoms. The van der Waals surface area contributed by atoms with E-state index < -0.39 is 0 Å². The molecule has 1 nitrogen and oxygen atoms in total. The van der Waals surface area contributed by atoms with Gasteiger partial charge >= 0.3 is 0 Å². The molecule has 0 aliphatic carbocycles. The third-order valence-electron chi connectivity index (χ3n) is 8.46. The van der Waals surface area contributed by atoms with E-state index >= 15 is 0 Å². The zero-order chi connectivity index (χ0) is 32.1. The molecule has 0 bridgehead atoms. The zero-order valence-corrected chi connectivity index (χ0v) is 28.3. The highest BCUT2D eigenvalue weighted by Crippen LogP contribution is 2.54. The average Bonchev–Trinajstić information content (AvgIpc) is 2.89. The number of nitrogens with zero attached hydrogens (tertiary/aromatic N) is 1. The van der Waals surface area contributed by atoms with Crippen LogP contribution in [0, 0.1) is 23.2 Å². The number of aromatic nitrogens is 1. The van der Waals surface area contributed by atoms with Gasteiger partial charge in [-0.15, -0.1) is 0 Å². The van der Waals surface area contributed by atoms with Crippen molar-refractivity contribution in [2.24, 2.45) is 23.3 Å². The van der Waals surface area contributed by atoms with E-state index in [2.05, 4.69) is 112 Å². The summed E-state index contributed by atoms with van der Waals surface area (Å²) in [5.74, 6) is 0. The monoisotopic (exact) mass is 576 g/mol. The summed E-state index contributed by atoms with van der Waals surface area (Å²) in [6.07, 6.45) is 3.22. The van der Waals surface area contributed by atoms with Gasteiger partial charge in [-0.3, -0.25) is 0 Å². The Morgan fingerprint density at radius 3 is 2.10 bits per heavy atom. The summed E-state index contributed by atoms with van der Waals surface area (Å²) >= 11 is 1.89. The summed E-state index contributed by atoms with van der Waals surface area (Å²) in [5, 5.41) is 7.02. The Morgan fingerprint density at radius 2 is 1.43 bits per heavy atom. The van der Waals surface area contributed by atoms with Crippen LogP contribution in [0.25, 0.3) is 43.6 Å². The Bertz CT molecular complexity index is 2000. The van der Waals surface area contributed by atoms with Crippen molar-refractivity contribution in [3.8, 4) is 11.3 Å². The van der Waals surface area contributed by atoms with Crippen LogP contribution in [0.2, 0.25) is 0 Å². The number of hydrogen-bond donors (Lipinski definition) is 0. The molecule has 42 heavy (non-hydrogen) atoms. The number of hydrogen-bond acceptors (Lipinski definition) is 1. The Morgan fingerprint density at radius 1 is 0.738 bits per heavy atom. The van der Waals surface area contributed by atoms with Crippen LogP contribution >= 0.6 is 11.8 Å². The van der Waals surface area contributed by atoms with Gasteiger partial charge < -0.3 is 0 Å². The quantitative estimate of drug-likeness (QED) is 0.150. The highest BCUT2D eigenvalue weighted by atomic mass is 32.2. The SMILES string of the molecule is [2H]c1c([2H])[n+](C)c2c3c(cc4c(CC(C)(C)C)cccc4c13)Sc1c-2c(C)c2cc(CC(C)(C)C)ccc2c1CC(C)(C)C. The van der Waals surface area contributed by atoms with E-state index in [-0.39, 0.29) is 22.4 Å². The zero-order valence-electron chi connectivity index (χ0n) is 29.5. The van der Waals surface area contributed by atoms with Crippen LogP contribution in [0.1, 0.15) is 87.3 Å². The van der Waals surface area contributed by atoms with Crippen molar-refractivity contribution < 1.29 is 7.31 Å². The fraction of sp³-hybridized carbons (Fsp3) is 0.425. The Balaban J connectivity index is 1.78. The molecule has 0 fully saturated rings. The van der Waals surface area contributed by atoms with Crippen molar-refractivity contribution in [2.75, 3.05) is 0 Å².